The highest BCUT2D eigenvalue weighted by molar-refractivity contribution is 5.48. The van der Waals surface area contributed by atoms with Crippen molar-refractivity contribution in [1.82, 2.24) is 0 Å². The summed E-state index contributed by atoms with van der Waals surface area (Å²) >= 11 is 0. The highest BCUT2D eigenvalue weighted by Gasteiger charge is 2.67. The van der Waals surface area contributed by atoms with E-state index in [4.69, 9.17) is 10.5 Å². The van der Waals surface area contributed by atoms with Crippen molar-refractivity contribution in [2.75, 3.05) is 0 Å². The van der Waals surface area contributed by atoms with E-state index in [9.17, 15) is 8.78 Å². The topological polar surface area (TPSA) is 47.6 Å². The average Bonchev–Trinajstić information content (AvgIpc) is 2.12. The van der Waals surface area contributed by atoms with Gasteiger partial charge in [-0.25, -0.2) is 0 Å². The van der Waals surface area contributed by atoms with Gasteiger partial charge >= 0.3 is 0 Å². The fourth-order valence-corrected chi connectivity index (χ4v) is 1.31. The molecule has 1 aliphatic carbocycles. The molecule has 0 bridgehead atoms. The SMILES string of the molecule is C=C1CC(C#N)(C(=C)C#N)C1(F)F. The first-order valence-electron chi connectivity index (χ1n) is 3.49. The third kappa shape index (κ3) is 0.831. The molecule has 1 saturated carbocycles. The van der Waals surface area contributed by atoms with Gasteiger partial charge in [0.1, 0.15) is 0 Å². The van der Waals surface area contributed by atoms with E-state index in [1.54, 1.807) is 0 Å². The lowest BCUT2D eigenvalue weighted by Gasteiger charge is -2.44. The van der Waals surface area contributed by atoms with E-state index in [1.165, 1.54) is 12.1 Å². The maximum atomic E-state index is 13.2. The Morgan fingerprint density at radius 1 is 1.46 bits per heavy atom. The van der Waals surface area contributed by atoms with Crippen molar-refractivity contribution in [3.05, 3.63) is 24.3 Å². The molecule has 1 unspecified atom stereocenters. The lowest BCUT2D eigenvalue weighted by atomic mass is 9.60. The van der Waals surface area contributed by atoms with Crippen molar-refractivity contribution in [1.29, 1.82) is 10.5 Å². The first-order valence-corrected chi connectivity index (χ1v) is 3.49. The molecule has 1 atom stereocenters. The van der Waals surface area contributed by atoms with Gasteiger partial charge in [0.15, 0.2) is 5.41 Å². The second-order valence-corrected chi connectivity index (χ2v) is 2.96. The second kappa shape index (κ2) is 2.40. The Morgan fingerprint density at radius 3 is 2.23 bits per heavy atom. The molecule has 66 valence electrons. The van der Waals surface area contributed by atoms with Crippen LogP contribution in [0.1, 0.15) is 6.42 Å². The molecule has 2 nitrogen and oxygen atoms in total. The Kier molecular flexibility index (Phi) is 1.74. The highest BCUT2D eigenvalue weighted by Crippen LogP contribution is 2.60. The number of hydrogen-bond acceptors (Lipinski definition) is 2. The number of rotatable bonds is 1. The first-order chi connectivity index (χ1) is 5.92. The van der Waals surface area contributed by atoms with E-state index in [0.29, 0.717) is 0 Å². The molecule has 0 N–H and O–H groups in total. The Morgan fingerprint density at radius 2 is 2.00 bits per heavy atom. The number of hydrogen-bond donors (Lipinski definition) is 0. The number of nitriles is 2. The minimum atomic E-state index is -3.31. The van der Waals surface area contributed by atoms with Gasteiger partial charge < -0.3 is 0 Å². The Balaban J connectivity index is 3.17. The molecule has 0 spiro atoms. The number of nitrogens with zero attached hydrogens (tertiary/aromatic N) is 2. The molecule has 13 heavy (non-hydrogen) atoms. The van der Waals surface area contributed by atoms with Crippen molar-refractivity contribution >= 4 is 0 Å². The molecule has 0 aromatic rings. The van der Waals surface area contributed by atoms with E-state index in [0.717, 1.165) is 0 Å². The molecular weight excluding hydrogens is 174 g/mol. The van der Waals surface area contributed by atoms with Crippen LogP contribution in [0.4, 0.5) is 8.78 Å². The average molecular weight is 180 g/mol. The summed E-state index contributed by atoms with van der Waals surface area (Å²) in [5.41, 5.74) is -2.75. The molecular formula is C9H6F2N2. The normalized spacial score (nSPS) is 29.7. The van der Waals surface area contributed by atoms with Crippen LogP contribution in [0.5, 0.6) is 0 Å². The van der Waals surface area contributed by atoms with Gasteiger partial charge in [0.05, 0.1) is 12.1 Å². The predicted molar refractivity (Wildman–Crippen MR) is 41.5 cm³/mol. The van der Waals surface area contributed by atoms with Gasteiger partial charge in [0, 0.05) is 12.0 Å². The smallest absolute Gasteiger partial charge is 0.199 e. The van der Waals surface area contributed by atoms with Gasteiger partial charge in [-0.2, -0.15) is 19.3 Å². The summed E-state index contributed by atoms with van der Waals surface area (Å²) in [6.45, 7) is 6.29. The lowest BCUT2D eigenvalue weighted by Crippen LogP contribution is -2.52. The summed E-state index contributed by atoms with van der Waals surface area (Å²) in [5, 5.41) is 17.0. The number of allylic oxidation sites excluding steroid dienone is 2. The van der Waals surface area contributed by atoms with Crippen molar-refractivity contribution in [2.45, 2.75) is 12.3 Å². The minimum Gasteiger partial charge on any atom is -0.199 e. The fraction of sp³-hybridized carbons (Fsp3) is 0.333. The zero-order chi connectivity index (χ0) is 10.3. The van der Waals surface area contributed by atoms with Crippen LogP contribution in [-0.4, -0.2) is 5.92 Å². The molecule has 0 aromatic carbocycles. The maximum Gasteiger partial charge on any atom is 0.292 e. The summed E-state index contributed by atoms with van der Waals surface area (Å²) in [4.78, 5) is 0. The van der Waals surface area contributed by atoms with Gasteiger partial charge in [-0.15, -0.1) is 0 Å². The zero-order valence-corrected chi connectivity index (χ0v) is 6.77. The van der Waals surface area contributed by atoms with Gasteiger partial charge in [-0.1, -0.05) is 13.2 Å². The molecule has 1 aliphatic rings. The molecule has 4 heteroatoms. The second-order valence-electron chi connectivity index (χ2n) is 2.96. The van der Waals surface area contributed by atoms with E-state index in [2.05, 4.69) is 13.2 Å². The minimum absolute atomic E-state index is 0.178. The third-order valence-electron chi connectivity index (χ3n) is 2.30. The van der Waals surface area contributed by atoms with Gasteiger partial charge in [-0.3, -0.25) is 0 Å². The van der Waals surface area contributed by atoms with E-state index >= 15 is 0 Å². The highest BCUT2D eigenvalue weighted by atomic mass is 19.3. The van der Waals surface area contributed by atoms with E-state index in [-0.39, 0.29) is 12.0 Å². The molecule has 0 amide bonds. The van der Waals surface area contributed by atoms with Crippen LogP contribution in [0.15, 0.2) is 24.3 Å². The lowest BCUT2D eigenvalue weighted by molar-refractivity contribution is -0.0915. The first kappa shape index (κ1) is 9.41. The standard InChI is InChI=1S/C9H6F2N2/c1-6-3-8(5-13,7(2)4-12)9(6,10)11/h1-3H2. The Labute approximate surface area is 74.4 Å². The molecule has 0 radical (unpaired) electrons. The maximum absolute atomic E-state index is 13.2. The molecule has 0 aliphatic heterocycles. The van der Waals surface area contributed by atoms with Crippen molar-refractivity contribution < 1.29 is 8.78 Å². The quantitative estimate of drug-likeness (QED) is 0.458. The Hall–Kier alpha value is -1.68. The van der Waals surface area contributed by atoms with Gasteiger partial charge in [0.2, 0.25) is 0 Å². The van der Waals surface area contributed by atoms with Crippen LogP contribution in [0.25, 0.3) is 0 Å². The molecule has 0 heterocycles. The third-order valence-corrected chi connectivity index (χ3v) is 2.30. The van der Waals surface area contributed by atoms with Crippen LogP contribution in [-0.2, 0) is 0 Å². The Bertz CT molecular complexity index is 370. The van der Waals surface area contributed by atoms with Crippen molar-refractivity contribution in [2.24, 2.45) is 5.41 Å². The number of alkyl halides is 2. The molecule has 1 fully saturated rings. The zero-order valence-electron chi connectivity index (χ0n) is 6.77. The summed E-state index contributed by atoms with van der Waals surface area (Å²) < 4.78 is 26.3. The molecule has 0 saturated heterocycles. The van der Waals surface area contributed by atoms with Crippen molar-refractivity contribution in [3.63, 3.8) is 0 Å². The largest absolute Gasteiger partial charge is 0.292 e. The monoisotopic (exact) mass is 180 g/mol. The fourth-order valence-electron chi connectivity index (χ4n) is 1.31. The van der Waals surface area contributed by atoms with Gasteiger partial charge in [0.25, 0.3) is 5.92 Å². The summed E-state index contributed by atoms with van der Waals surface area (Å²) in [5.74, 6) is -3.31. The van der Waals surface area contributed by atoms with Crippen molar-refractivity contribution in [3.8, 4) is 12.1 Å². The molecule has 1 rings (SSSR count). The van der Waals surface area contributed by atoms with Crippen LogP contribution in [0, 0.1) is 28.1 Å². The van der Waals surface area contributed by atoms with Crippen LogP contribution in [0.3, 0.4) is 0 Å². The van der Waals surface area contributed by atoms with Crippen LogP contribution < -0.4 is 0 Å². The van der Waals surface area contributed by atoms with Gasteiger partial charge in [-0.05, 0) is 5.57 Å². The number of halogens is 2. The van der Waals surface area contributed by atoms with E-state index < -0.39 is 16.9 Å². The summed E-state index contributed by atoms with van der Waals surface area (Å²) in [7, 11) is 0. The predicted octanol–water partition coefficient (Wildman–Crippen LogP) is 2.17. The summed E-state index contributed by atoms with van der Waals surface area (Å²) in [6.07, 6.45) is -0.178. The molecule has 0 aromatic heterocycles. The summed E-state index contributed by atoms with van der Waals surface area (Å²) in [6, 6.07) is 2.95. The van der Waals surface area contributed by atoms with Crippen LogP contribution >= 0.6 is 0 Å². The van der Waals surface area contributed by atoms with Crippen LogP contribution in [0.2, 0.25) is 0 Å². The van der Waals surface area contributed by atoms with E-state index in [1.807, 2.05) is 0 Å².